The second-order valence-electron chi connectivity index (χ2n) is 5.32. The molecule has 1 amide bonds. The van der Waals surface area contributed by atoms with Crippen LogP contribution in [0, 0.1) is 19.7 Å². The van der Waals surface area contributed by atoms with E-state index >= 15 is 0 Å². The molecule has 1 aromatic carbocycles. The molecule has 0 aliphatic heterocycles. The van der Waals surface area contributed by atoms with Gasteiger partial charge in [0.1, 0.15) is 11.5 Å². The fourth-order valence-electron chi connectivity index (χ4n) is 2.45. The summed E-state index contributed by atoms with van der Waals surface area (Å²) in [5, 5.41) is 2.42. The van der Waals surface area contributed by atoms with Gasteiger partial charge in [0, 0.05) is 16.9 Å². The lowest BCUT2D eigenvalue weighted by Crippen LogP contribution is -2.21. The van der Waals surface area contributed by atoms with Crippen molar-refractivity contribution >= 4 is 23.3 Å². The average Bonchev–Trinajstić information content (AvgIpc) is 2.79. The maximum Gasteiger partial charge on any atom is 0.355 e. The Labute approximate surface area is 138 Å². The van der Waals surface area contributed by atoms with E-state index in [1.54, 1.807) is 13.8 Å². The number of ether oxygens (including phenoxy) is 1. The minimum Gasteiger partial charge on any atom is -0.451 e. The summed E-state index contributed by atoms with van der Waals surface area (Å²) >= 11 is 0. The summed E-state index contributed by atoms with van der Waals surface area (Å²) < 4.78 is 18.0. The number of rotatable bonds is 5. The van der Waals surface area contributed by atoms with Gasteiger partial charge in [-0.15, -0.1) is 0 Å². The van der Waals surface area contributed by atoms with Gasteiger partial charge < -0.3 is 15.0 Å². The highest BCUT2D eigenvalue weighted by molar-refractivity contribution is 6.01. The van der Waals surface area contributed by atoms with Crippen LogP contribution in [0.1, 0.15) is 39.0 Å². The van der Waals surface area contributed by atoms with E-state index in [-0.39, 0.29) is 17.2 Å². The van der Waals surface area contributed by atoms with E-state index in [9.17, 15) is 18.8 Å². The van der Waals surface area contributed by atoms with Crippen LogP contribution >= 0.6 is 0 Å². The number of hydrogen-bond acceptors (Lipinski definition) is 4. The third kappa shape index (κ3) is 3.87. The summed E-state index contributed by atoms with van der Waals surface area (Å²) in [5.41, 5.74) is 1.89. The Morgan fingerprint density at radius 3 is 2.54 bits per heavy atom. The highest BCUT2D eigenvalue weighted by Crippen LogP contribution is 2.19. The van der Waals surface area contributed by atoms with Crippen molar-refractivity contribution in [3.8, 4) is 0 Å². The number of Topliss-reactive ketones (excluding diaryl/α,β-unsaturated/α-hetero) is 1. The molecule has 1 aromatic heterocycles. The number of ketones is 1. The zero-order valence-corrected chi connectivity index (χ0v) is 13.5. The number of H-pyrrole nitrogens is 1. The molecule has 0 saturated carbocycles. The standard InChI is InChI=1S/C17H17FN2O4/c1-9-15(11(3)21)10(2)19-16(9)17(23)24-8-14(22)20-13-6-4-5-12(18)7-13/h4-7,19H,8H2,1-3H3,(H,20,22). The van der Waals surface area contributed by atoms with Crippen molar-refractivity contribution in [3.63, 3.8) is 0 Å². The minimum absolute atomic E-state index is 0.135. The highest BCUT2D eigenvalue weighted by atomic mass is 19.1. The van der Waals surface area contributed by atoms with E-state index in [1.807, 2.05) is 0 Å². The lowest BCUT2D eigenvalue weighted by atomic mass is 10.1. The molecule has 0 atom stereocenters. The number of aromatic nitrogens is 1. The van der Waals surface area contributed by atoms with Gasteiger partial charge in [-0.25, -0.2) is 9.18 Å². The van der Waals surface area contributed by atoms with Gasteiger partial charge in [-0.3, -0.25) is 9.59 Å². The number of benzene rings is 1. The molecular weight excluding hydrogens is 315 g/mol. The number of aryl methyl sites for hydroxylation is 1. The monoisotopic (exact) mass is 332 g/mol. The smallest absolute Gasteiger partial charge is 0.355 e. The molecular formula is C17H17FN2O4. The quantitative estimate of drug-likeness (QED) is 0.651. The van der Waals surface area contributed by atoms with Gasteiger partial charge in [0.2, 0.25) is 0 Å². The van der Waals surface area contributed by atoms with Crippen LogP contribution in [-0.2, 0) is 9.53 Å². The predicted octanol–water partition coefficient (Wildman–Crippen LogP) is 2.77. The van der Waals surface area contributed by atoms with Crippen LogP contribution in [0.5, 0.6) is 0 Å². The predicted molar refractivity (Wildman–Crippen MR) is 85.6 cm³/mol. The van der Waals surface area contributed by atoms with Gasteiger partial charge in [0.05, 0.1) is 0 Å². The Morgan fingerprint density at radius 1 is 1.25 bits per heavy atom. The van der Waals surface area contributed by atoms with Crippen LogP contribution in [0.3, 0.4) is 0 Å². The number of hydrogen-bond donors (Lipinski definition) is 2. The Hall–Kier alpha value is -2.96. The molecule has 0 fully saturated rings. The first-order chi connectivity index (χ1) is 11.3. The SMILES string of the molecule is CC(=O)c1c(C)[nH]c(C(=O)OCC(=O)Nc2cccc(F)c2)c1C. The summed E-state index contributed by atoms with van der Waals surface area (Å²) in [6.45, 7) is 4.19. The van der Waals surface area contributed by atoms with Gasteiger partial charge in [-0.05, 0) is 44.5 Å². The van der Waals surface area contributed by atoms with Crippen LogP contribution in [0.15, 0.2) is 24.3 Å². The van der Waals surface area contributed by atoms with Crippen molar-refractivity contribution < 1.29 is 23.5 Å². The molecule has 0 radical (unpaired) electrons. The minimum atomic E-state index is -0.738. The van der Waals surface area contributed by atoms with E-state index in [1.165, 1.54) is 25.1 Å². The maximum atomic E-state index is 13.0. The van der Waals surface area contributed by atoms with E-state index in [0.29, 0.717) is 16.8 Å². The van der Waals surface area contributed by atoms with Crippen LogP contribution in [0.4, 0.5) is 10.1 Å². The normalized spacial score (nSPS) is 10.3. The molecule has 1 heterocycles. The van der Waals surface area contributed by atoms with Crippen molar-refractivity contribution in [1.29, 1.82) is 0 Å². The van der Waals surface area contributed by atoms with Crippen LogP contribution in [-0.4, -0.2) is 29.3 Å². The Kier molecular flexibility index (Phi) is 5.13. The molecule has 0 aliphatic rings. The number of aromatic amines is 1. The molecule has 0 aliphatic carbocycles. The van der Waals surface area contributed by atoms with Gasteiger partial charge in [-0.2, -0.15) is 0 Å². The molecule has 0 spiro atoms. The zero-order chi connectivity index (χ0) is 17.9. The lowest BCUT2D eigenvalue weighted by molar-refractivity contribution is -0.119. The maximum absolute atomic E-state index is 13.0. The fourth-order valence-corrected chi connectivity index (χ4v) is 2.45. The number of halogens is 1. The number of carbonyl (C=O) groups is 3. The zero-order valence-electron chi connectivity index (χ0n) is 13.5. The molecule has 2 rings (SSSR count). The molecule has 0 bridgehead atoms. The highest BCUT2D eigenvalue weighted by Gasteiger charge is 2.21. The summed E-state index contributed by atoms with van der Waals surface area (Å²) in [7, 11) is 0. The lowest BCUT2D eigenvalue weighted by Gasteiger charge is -2.06. The second kappa shape index (κ2) is 7.08. The summed E-state index contributed by atoms with van der Waals surface area (Å²) in [6, 6.07) is 5.36. The van der Waals surface area contributed by atoms with Gasteiger partial charge in [0.15, 0.2) is 12.4 Å². The summed E-state index contributed by atoms with van der Waals surface area (Å²) in [6.07, 6.45) is 0. The fraction of sp³-hybridized carbons (Fsp3) is 0.235. The largest absolute Gasteiger partial charge is 0.451 e. The van der Waals surface area contributed by atoms with Gasteiger partial charge in [0.25, 0.3) is 5.91 Å². The van der Waals surface area contributed by atoms with Crippen molar-refractivity contribution in [2.24, 2.45) is 0 Å². The summed E-state index contributed by atoms with van der Waals surface area (Å²) in [5.74, 6) is -1.98. The molecule has 6 nitrogen and oxygen atoms in total. The van der Waals surface area contributed by atoms with Crippen LogP contribution in [0.25, 0.3) is 0 Å². The Bertz CT molecular complexity index is 811. The van der Waals surface area contributed by atoms with E-state index < -0.39 is 24.3 Å². The number of carbonyl (C=O) groups excluding carboxylic acids is 3. The topological polar surface area (TPSA) is 88.3 Å². The van der Waals surface area contributed by atoms with Crippen molar-refractivity contribution in [2.45, 2.75) is 20.8 Å². The van der Waals surface area contributed by atoms with E-state index in [2.05, 4.69) is 10.3 Å². The number of anilines is 1. The first-order valence-electron chi connectivity index (χ1n) is 7.22. The van der Waals surface area contributed by atoms with Gasteiger partial charge in [-0.1, -0.05) is 6.07 Å². The van der Waals surface area contributed by atoms with Crippen molar-refractivity contribution in [2.75, 3.05) is 11.9 Å². The molecule has 2 N–H and O–H groups in total. The average molecular weight is 332 g/mol. The molecule has 126 valence electrons. The van der Waals surface area contributed by atoms with Gasteiger partial charge >= 0.3 is 5.97 Å². The second-order valence-corrected chi connectivity index (χ2v) is 5.32. The molecule has 0 unspecified atom stereocenters. The van der Waals surface area contributed by atoms with E-state index in [4.69, 9.17) is 4.74 Å². The number of nitrogens with one attached hydrogen (secondary N) is 2. The Morgan fingerprint density at radius 2 is 1.96 bits per heavy atom. The molecule has 24 heavy (non-hydrogen) atoms. The third-order valence-corrected chi connectivity index (χ3v) is 3.44. The number of esters is 1. The van der Waals surface area contributed by atoms with Crippen molar-refractivity contribution in [3.05, 3.63) is 52.6 Å². The van der Waals surface area contributed by atoms with Crippen LogP contribution in [0.2, 0.25) is 0 Å². The number of amides is 1. The molecule has 7 heteroatoms. The third-order valence-electron chi connectivity index (χ3n) is 3.44. The molecule has 0 saturated heterocycles. The van der Waals surface area contributed by atoms with E-state index in [0.717, 1.165) is 6.07 Å². The first kappa shape index (κ1) is 17.4. The van der Waals surface area contributed by atoms with Crippen molar-refractivity contribution in [1.82, 2.24) is 4.98 Å². The Balaban J connectivity index is 1.99. The first-order valence-corrected chi connectivity index (χ1v) is 7.22. The van der Waals surface area contributed by atoms with Crippen LogP contribution < -0.4 is 5.32 Å². The summed E-state index contributed by atoms with van der Waals surface area (Å²) in [4.78, 5) is 38.2. The molecule has 2 aromatic rings.